The van der Waals surface area contributed by atoms with Crippen LogP contribution in [-0.4, -0.2) is 43.5 Å². The number of hydrogen-bond acceptors (Lipinski definition) is 8. The van der Waals surface area contributed by atoms with Crippen LogP contribution in [0.4, 0.5) is 16.0 Å². The highest BCUT2D eigenvalue weighted by molar-refractivity contribution is 7.90. The number of nitrogen functional groups attached to an aromatic ring is 1. The Morgan fingerprint density at radius 1 is 1.15 bits per heavy atom. The molecule has 2 aromatic heterocycles. The lowest BCUT2D eigenvalue weighted by molar-refractivity contribution is 0.0981. The van der Waals surface area contributed by atoms with Crippen molar-refractivity contribution in [1.29, 1.82) is 0 Å². The Balaban J connectivity index is 1.75. The van der Waals surface area contributed by atoms with Crippen molar-refractivity contribution in [2.24, 2.45) is 11.8 Å². The molecule has 1 unspecified atom stereocenters. The van der Waals surface area contributed by atoms with E-state index < -0.39 is 21.7 Å². The lowest BCUT2D eigenvalue weighted by Gasteiger charge is -2.30. The number of nitrogens with one attached hydrogen (secondary N) is 1. The summed E-state index contributed by atoms with van der Waals surface area (Å²) in [7, 11) is -4.29. The molecule has 0 bridgehead atoms. The third-order valence-corrected chi connectivity index (χ3v) is 7.69. The van der Waals surface area contributed by atoms with E-state index in [1.54, 1.807) is 12.1 Å². The Bertz CT molecular complexity index is 1460. The van der Waals surface area contributed by atoms with Crippen LogP contribution >= 0.6 is 0 Å². The molecule has 1 saturated heterocycles. The third-order valence-electron chi connectivity index (χ3n) is 6.46. The maximum absolute atomic E-state index is 14.5. The second-order valence-electron chi connectivity index (χ2n) is 10.4. The molecule has 208 valence electrons. The molecule has 1 aromatic carbocycles. The Morgan fingerprint density at radius 3 is 2.62 bits per heavy atom. The average molecular weight is 556 g/mol. The molecule has 1 atom stereocenters. The number of rotatable bonds is 9. The number of nitrogens with two attached hydrogens (primary N) is 1. The number of anilines is 2. The minimum atomic E-state index is -4.29. The number of carbonyl (C=O) groups is 1. The van der Waals surface area contributed by atoms with Crippen molar-refractivity contribution in [3.63, 3.8) is 0 Å². The van der Waals surface area contributed by atoms with E-state index in [0.717, 1.165) is 12.8 Å². The Labute approximate surface area is 228 Å². The van der Waals surface area contributed by atoms with Crippen LogP contribution in [0.25, 0.3) is 11.3 Å². The van der Waals surface area contributed by atoms with Gasteiger partial charge in [-0.1, -0.05) is 33.8 Å². The smallest absolute Gasteiger partial charge is 0.281 e. The number of aromatic nitrogens is 2. The van der Waals surface area contributed by atoms with Gasteiger partial charge in [-0.15, -0.1) is 0 Å². The fraction of sp³-hybridized carbons (Fsp3) is 0.393. The number of halogens is 1. The Kier molecular flexibility index (Phi) is 8.39. The second kappa shape index (κ2) is 11.6. The summed E-state index contributed by atoms with van der Waals surface area (Å²) in [5.74, 6) is -0.0564. The molecular formula is C28H34FN5O4S. The molecule has 3 heterocycles. The van der Waals surface area contributed by atoms with Crippen molar-refractivity contribution < 1.29 is 22.3 Å². The molecule has 4 rings (SSSR count). The van der Waals surface area contributed by atoms with Gasteiger partial charge in [0.25, 0.3) is 15.9 Å². The van der Waals surface area contributed by atoms with Crippen LogP contribution in [0.5, 0.6) is 5.75 Å². The first-order valence-corrected chi connectivity index (χ1v) is 14.4. The van der Waals surface area contributed by atoms with Gasteiger partial charge in [-0.3, -0.25) is 4.79 Å². The SMILES string of the molecule is CC(C)COc1cc(F)cc(-c2ccc(C(=O)NS(=O)(=O)c3cccc(N)n3)c(N3CCCC3C(C)C)n2)c1. The second-order valence-corrected chi connectivity index (χ2v) is 12.1. The number of pyridine rings is 2. The minimum absolute atomic E-state index is 0.0145. The van der Waals surface area contributed by atoms with Gasteiger partial charge in [0.15, 0.2) is 5.03 Å². The summed E-state index contributed by atoms with van der Waals surface area (Å²) >= 11 is 0. The van der Waals surface area contributed by atoms with Crippen LogP contribution in [0.15, 0.2) is 53.6 Å². The standard InChI is InChI=1S/C28H34FN5O4S/c1-17(2)16-38-21-14-19(13-20(29)15-21)23-11-10-22(27(31-23)34-12-6-7-24(34)18(3)4)28(35)33-39(36,37)26-9-5-8-25(30)32-26/h5,8-11,13-15,17-18,24H,6-7,12,16H2,1-4H3,(H2,30,32)(H,33,35). The molecule has 1 aliphatic rings. The van der Waals surface area contributed by atoms with Crippen molar-refractivity contribution >= 4 is 27.6 Å². The van der Waals surface area contributed by atoms with Gasteiger partial charge in [0.1, 0.15) is 23.2 Å². The summed E-state index contributed by atoms with van der Waals surface area (Å²) < 4.78 is 48.2. The predicted molar refractivity (Wildman–Crippen MR) is 148 cm³/mol. The van der Waals surface area contributed by atoms with Crippen molar-refractivity contribution in [3.05, 3.63) is 59.9 Å². The number of benzene rings is 1. The van der Waals surface area contributed by atoms with E-state index in [1.807, 2.05) is 18.7 Å². The van der Waals surface area contributed by atoms with E-state index in [-0.39, 0.29) is 34.3 Å². The third kappa shape index (κ3) is 6.65. The number of ether oxygens (including phenoxy) is 1. The summed E-state index contributed by atoms with van der Waals surface area (Å²) in [6.07, 6.45) is 1.80. The van der Waals surface area contributed by atoms with E-state index in [4.69, 9.17) is 15.5 Å². The monoisotopic (exact) mass is 555 g/mol. The molecule has 11 heteroatoms. The zero-order valence-corrected chi connectivity index (χ0v) is 23.3. The summed E-state index contributed by atoms with van der Waals surface area (Å²) in [4.78, 5) is 24.0. The Morgan fingerprint density at radius 2 is 1.92 bits per heavy atom. The lowest BCUT2D eigenvalue weighted by Crippen LogP contribution is -2.37. The average Bonchev–Trinajstić information content (AvgIpc) is 3.37. The molecule has 0 radical (unpaired) electrons. The molecule has 0 aliphatic carbocycles. The van der Waals surface area contributed by atoms with Gasteiger partial charge in [-0.05, 0) is 61.1 Å². The maximum Gasteiger partial charge on any atom is 0.281 e. The zero-order valence-electron chi connectivity index (χ0n) is 22.5. The van der Waals surface area contributed by atoms with Crippen molar-refractivity contribution in [2.45, 2.75) is 51.6 Å². The first-order chi connectivity index (χ1) is 18.4. The molecule has 9 nitrogen and oxygen atoms in total. The van der Waals surface area contributed by atoms with E-state index in [0.29, 0.717) is 36.0 Å². The van der Waals surface area contributed by atoms with Gasteiger partial charge in [0, 0.05) is 24.2 Å². The molecule has 1 amide bonds. The minimum Gasteiger partial charge on any atom is -0.493 e. The van der Waals surface area contributed by atoms with E-state index in [2.05, 4.69) is 23.6 Å². The van der Waals surface area contributed by atoms with Crippen LogP contribution in [0, 0.1) is 17.7 Å². The highest BCUT2D eigenvalue weighted by atomic mass is 32.2. The number of sulfonamides is 1. The molecule has 0 spiro atoms. The summed E-state index contributed by atoms with van der Waals surface area (Å²) in [5, 5.41) is -0.364. The van der Waals surface area contributed by atoms with Crippen molar-refractivity contribution in [3.8, 4) is 17.0 Å². The summed E-state index contributed by atoms with van der Waals surface area (Å²) in [6, 6.07) is 11.7. The quantitative estimate of drug-likeness (QED) is 0.391. The fourth-order valence-electron chi connectivity index (χ4n) is 4.62. The number of hydrogen-bond donors (Lipinski definition) is 2. The highest BCUT2D eigenvalue weighted by Gasteiger charge is 2.32. The molecule has 0 saturated carbocycles. The molecule has 1 fully saturated rings. The summed E-state index contributed by atoms with van der Waals surface area (Å²) in [6.45, 7) is 9.26. The van der Waals surface area contributed by atoms with Gasteiger partial charge >= 0.3 is 0 Å². The molecule has 39 heavy (non-hydrogen) atoms. The van der Waals surface area contributed by atoms with Crippen molar-refractivity contribution in [1.82, 2.24) is 14.7 Å². The topological polar surface area (TPSA) is 128 Å². The first kappa shape index (κ1) is 28.3. The predicted octanol–water partition coefficient (Wildman–Crippen LogP) is 4.64. The Hall–Kier alpha value is -3.73. The lowest BCUT2D eigenvalue weighted by atomic mass is 10.0. The van der Waals surface area contributed by atoms with Crippen LogP contribution in [-0.2, 0) is 10.0 Å². The van der Waals surface area contributed by atoms with E-state index in [1.165, 1.54) is 36.4 Å². The van der Waals surface area contributed by atoms with Crippen LogP contribution in [0.1, 0.15) is 50.9 Å². The van der Waals surface area contributed by atoms with Gasteiger partial charge in [0.2, 0.25) is 0 Å². The summed E-state index contributed by atoms with van der Waals surface area (Å²) in [5.41, 5.74) is 6.64. The molecule has 1 aliphatic heterocycles. The largest absolute Gasteiger partial charge is 0.493 e. The van der Waals surface area contributed by atoms with Gasteiger partial charge in [-0.2, -0.15) is 8.42 Å². The van der Waals surface area contributed by atoms with Gasteiger partial charge in [-0.25, -0.2) is 19.1 Å². The normalized spacial score (nSPS) is 15.7. The molecule has 3 N–H and O–H groups in total. The van der Waals surface area contributed by atoms with Gasteiger partial charge in [0.05, 0.1) is 17.9 Å². The zero-order chi connectivity index (χ0) is 28.3. The van der Waals surface area contributed by atoms with Crippen molar-refractivity contribution in [2.75, 3.05) is 23.8 Å². The van der Waals surface area contributed by atoms with E-state index >= 15 is 0 Å². The molecular weight excluding hydrogens is 521 g/mol. The number of amides is 1. The van der Waals surface area contributed by atoms with Crippen LogP contribution in [0.3, 0.4) is 0 Å². The molecule has 3 aromatic rings. The van der Waals surface area contributed by atoms with E-state index in [9.17, 15) is 17.6 Å². The fourth-order valence-corrected chi connectivity index (χ4v) is 5.56. The van der Waals surface area contributed by atoms with Crippen LogP contribution in [0.2, 0.25) is 0 Å². The number of carbonyl (C=O) groups excluding carboxylic acids is 1. The first-order valence-electron chi connectivity index (χ1n) is 13.0. The van der Waals surface area contributed by atoms with Crippen LogP contribution < -0.4 is 20.1 Å². The highest BCUT2D eigenvalue weighted by Crippen LogP contribution is 2.34. The maximum atomic E-state index is 14.5. The van der Waals surface area contributed by atoms with Gasteiger partial charge < -0.3 is 15.4 Å². The number of nitrogens with zero attached hydrogens (tertiary/aromatic N) is 3.